The highest BCUT2D eigenvalue weighted by Gasteiger charge is 2.07. The van der Waals surface area contributed by atoms with Crippen molar-refractivity contribution in [1.29, 1.82) is 0 Å². The second kappa shape index (κ2) is 4.00. The smallest absolute Gasteiger partial charge is 0.271 e. The first kappa shape index (κ1) is 10.7. The topological polar surface area (TPSA) is 26.9 Å². The molecule has 0 N–H and O–H groups in total. The summed E-state index contributed by atoms with van der Waals surface area (Å²) in [7, 11) is 0. The van der Waals surface area contributed by atoms with Crippen LogP contribution >= 0.6 is 0 Å². The maximum absolute atomic E-state index is 11.8. The molecule has 1 aromatic heterocycles. The molecule has 0 unspecified atom stereocenters. The lowest BCUT2D eigenvalue weighted by molar-refractivity contribution is 0.559. The summed E-state index contributed by atoms with van der Waals surface area (Å²) in [5.74, 6) is 0. The Bertz CT molecular complexity index is 546. The first-order valence-electron chi connectivity index (χ1n) is 5.50. The Morgan fingerprint density at radius 3 is 2.31 bits per heavy atom. The number of aryl methyl sites for hydroxylation is 2. The molecular formula is C13H16N2O. The molecule has 84 valence electrons. The fourth-order valence-electron chi connectivity index (χ4n) is 1.93. The van der Waals surface area contributed by atoms with Crippen LogP contribution in [-0.4, -0.2) is 9.36 Å². The lowest BCUT2D eigenvalue weighted by atomic mass is 10.2. The summed E-state index contributed by atoms with van der Waals surface area (Å²) < 4.78 is 3.70. The van der Waals surface area contributed by atoms with E-state index in [0.717, 1.165) is 17.9 Å². The molecule has 0 amide bonds. The molecule has 3 nitrogen and oxygen atoms in total. The third-order valence-electron chi connectivity index (χ3n) is 2.77. The average molecular weight is 216 g/mol. The Morgan fingerprint density at radius 2 is 1.75 bits per heavy atom. The van der Waals surface area contributed by atoms with Crippen molar-refractivity contribution < 1.29 is 0 Å². The van der Waals surface area contributed by atoms with Crippen LogP contribution in [0.15, 0.2) is 35.1 Å². The summed E-state index contributed by atoms with van der Waals surface area (Å²) in [5, 5.41) is 0. The van der Waals surface area contributed by atoms with Crippen LogP contribution in [0.25, 0.3) is 5.69 Å². The minimum absolute atomic E-state index is 0.0307. The van der Waals surface area contributed by atoms with E-state index in [4.69, 9.17) is 0 Å². The van der Waals surface area contributed by atoms with E-state index >= 15 is 0 Å². The van der Waals surface area contributed by atoms with Gasteiger partial charge in [-0.05, 0) is 32.9 Å². The monoisotopic (exact) mass is 216 g/mol. The first-order chi connectivity index (χ1) is 7.63. The van der Waals surface area contributed by atoms with Crippen molar-refractivity contribution in [3.8, 4) is 5.69 Å². The molecule has 0 aliphatic rings. The lowest BCUT2D eigenvalue weighted by Gasteiger charge is -2.11. The zero-order valence-electron chi connectivity index (χ0n) is 9.90. The highest BCUT2D eigenvalue weighted by Crippen LogP contribution is 2.09. The highest BCUT2D eigenvalue weighted by atomic mass is 16.1. The quantitative estimate of drug-likeness (QED) is 0.756. The molecule has 0 aliphatic carbocycles. The number of benzene rings is 1. The predicted octanol–water partition coefficient (Wildman–Crippen LogP) is 2.28. The average Bonchev–Trinajstić information content (AvgIpc) is 2.54. The summed E-state index contributed by atoms with van der Waals surface area (Å²) in [6, 6.07) is 9.65. The van der Waals surface area contributed by atoms with E-state index < -0.39 is 0 Å². The van der Waals surface area contributed by atoms with E-state index in [1.807, 2.05) is 49.7 Å². The van der Waals surface area contributed by atoms with Gasteiger partial charge in [-0.2, -0.15) is 0 Å². The Morgan fingerprint density at radius 1 is 1.12 bits per heavy atom. The lowest BCUT2D eigenvalue weighted by Crippen LogP contribution is -2.20. The molecule has 0 fully saturated rings. The van der Waals surface area contributed by atoms with Gasteiger partial charge in [0.2, 0.25) is 0 Å². The maximum atomic E-state index is 11.8. The number of aromatic nitrogens is 2. The molecule has 0 aliphatic heterocycles. The van der Waals surface area contributed by atoms with Gasteiger partial charge in [-0.15, -0.1) is 0 Å². The fraction of sp³-hybridized carbons (Fsp3) is 0.308. The molecular weight excluding hydrogens is 200 g/mol. The molecule has 0 atom stereocenters. The Hall–Kier alpha value is -1.77. The molecule has 0 bridgehead atoms. The van der Waals surface area contributed by atoms with Crippen LogP contribution in [0.4, 0.5) is 0 Å². The van der Waals surface area contributed by atoms with Crippen LogP contribution in [0.1, 0.15) is 18.2 Å². The highest BCUT2D eigenvalue weighted by molar-refractivity contribution is 5.34. The molecule has 16 heavy (non-hydrogen) atoms. The second-order valence-electron chi connectivity index (χ2n) is 3.99. The zero-order valence-corrected chi connectivity index (χ0v) is 9.90. The second-order valence-corrected chi connectivity index (χ2v) is 3.99. The Kier molecular flexibility index (Phi) is 2.69. The third-order valence-corrected chi connectivity index (χ3v) is 2.77. The molecule has 1 heterocycles. The van der Waals surface area contributed by atoms with Gasteiger partial charge < -0.3 is 0 Å². The molecule has 2 aromatic rings. The van der Waals surface area contributed by atoms with Crippen LogP contribution in [0.5, 0.6) is 0 Å². The summed E-state index contributed by atoms with van der Waals surface area (Å²) in [4.78, 5) is 11.8. The number of nitrogens with zero attached hydrogens (tertiary/aromatic N) is 2. The van der Waals surface area contributed by atoms with Crippen LogP contribution < -0.4 is 5.56 Å². The summed E-state index contributed by atoms with van der Waals surface area (Å²) in [6.07, 6.45) is 0. The SMILES string of the molecule is CCn1c(C)cc(=O)n1-c1ccc(C)cc1. The predicted molar refractivity (Wildman–Crippen MR) is 65.2 cm³/mol. The van der Waals surface area contributed by atoms with E-state index in [1.54, 1.807) is 10.7 Å². The molecule has 2 rings (SSSR count). The van der Waals surface area contributed by atoms with Gasteiger partial charge in [0.1, 0.15) is 0 Å². The molecule has 0 saturated heterocycles. The van der Waals surface area contributed by atoms with E-state index in [-0.39, 0.29) is 5.56 Å². The fourth-order valence-corrected chi connectivity index (χ4v) is 1.93. The van der Waals surface area contributed by atoms with Gasteiger partial charge in [0, 0.05) is 18.3 Å². The van der Waals surface area contributed by atoms with E-state index in [2.05, 4.69) is 0 Å². The maximum Gasteiger partial charge on any atom is 0.271 e. The van der Waals surface area contributed by atoms with Gasteiger partial charge in [-0.1, -0.05) is 17.7 Å². The first-order valence-corrected chi connectivity index (χ1v) is 5.50. The van der Waals surface area contributed by atoms with E-state index in [1.165, 1.54) is 5.56 Å². The summed E-state index contributed by atoms with van der Waals surface area (Å²) in [5.41, 5.74) is 3.14. The number of rotatable bonds is 2. The zero-order chi connectivity index (χ0) is 11.7. The van der Waals surface area contributed by atoms with Gasteiger partial charge in [-0.3, -0.25) is 9.48 Å². The molecule has 0 radical (unpaired) electrons. The third kappa shape index (κ3) is 1.69. The minimum Gasteiger partial charge on any atom is -0.283 e. The van der Waals surface area contributed by atoms with E-state index in [0.29, 0.717) is 0 Å². The molecule has 1 aromatic carbocycles. The van der Waals surface area contributed by atoms with E-state index in [9.17, 15) is 4.79 Å². The Labute approximate surface area is 94.9 Å². The molecule has 0 saturated carbocycles. The van der Waals surface area contributed by atoms with Gasteiger partial charge in [-0.25, -0.2) is 4.68 Å². The summed E-state index contributed by atoms with van der Waals surface area (Å²) in [6.45, 7) is 6.82. The largest absolute Gasteiger partial charge is 0.283 e. The standard InChI is InChI=1S/C13H16N2O/c1-4-14-11(3)9-13(16)15(14)12-7-5-10(2)6-8-12/h5-9H,4H2,1-3H3. The van der Waals surface area contributed by atoms with Crippen LogP contribution in [0, 0.1) is 13.8 Å². The number of hydrogen-bond acceptors (Lipinski definition) is 1. The Balaban J connectivity index is 2.63. The van der Waals surface area contributed by atoms with Gasteiger partial charge in [0.25, 0.3) is 5.56 Å². The van der Waals surface area contributed by atoms with Crippen LogP contribution in [-0.2, 0) is 6.54 Å². The molecule has 0 spiro atoms. The van der Waals surface area contributed by atoms with Crippen molar-refractivity contribution in [3.63, 3.8) is 0 Å². The van der Waals surface area contributed by atoms with Crippen molar-refractivity contribution in [2.75, 3.05) is 0 Å². The van der Waals surface area contributed by atoms with Crippen LogP contribution in [0.2, 0.25) is 0 Å². The normalized spacial score (nSPS) is 10.7. The van der Waals surface area contributed by atoms with Crippen molar-refractivity contribution in [2.24, 2.45) is 0 Å². The van der Waals surface area contributed by atoms with Crippen LogP contribution in [0.3, 0.4) is 0 Å². The van der Waals surface area contributed by atoms with Crippen molar-refractivity contribution in [3.05, 3.63) is 51.9 Å². The minimum atomic E-state index is 0.0307. The van der Waals surface area contributed by atoms with Crippen molar-refractivity contribution in [1.82, 2.24) is 9.36 Å². The summed E-state index contributed by atoms with van der Waals surface area (Å²) >= 11 is 0. The van der Waals surface area contributed by atoms with Gasteiger partial charge in [0.05, 0.1) is 5.69 Å². The number of hydrogen-bond donors (Lipinski definition) is 0. The van der Waals surface area contributed by atoms with Gasteiger partial charge >= 0.3 is 0 Å². The van der Waals surface area contributed by atoms with Gasteiger partial charge in [0.15, 0.2) is 0 Å². The van der Waals surface area contributed by atoms with Crippen molar-refractivity contribution in [2.45, 2.75) is 27.3 Å². The van der Waals surface area contributed by atoms with Crippen molar-refractivity contribution >= 4 is 0 Å². The molecule has 3 heteroatoms.